The third-order valence-electron chi connectivity index (χ3n) is 3.36. The van der Waals surface area contributed by atoms with Crippen LogP contribution in [-0.4, -0.2) is 17.3 Å². The maximum atomic E-state index is 12.7. The summed E-state index contributed by atoms with van der Waals surface area (Å²) in [4.78, 5) is 0. The van der Waals surface area contributed by atoms with Crippen LogP contribution in [0, 0.1) is 0 Å². The van der Waals surface area contributed by atoms with Crippen LogP contribution in [0.4, 0.5) is 13.2 Å². The summed E-state index contributed by atoms with van der Waals surface area (Å²) in [7, 11) is 0. The van der Waals surface area contributed by atoms with E-state index in [-0.39, 0.29) is 18.2 Å². The van der Waals surface area contributed by atoms with Gasteiger partial charge < -0.3 is 10.4 Å². The van der Waals surface area contributed by atoms with E-state index in [2.05, 4.69) is 5.32 Å². The monoisotopic (exact) mass is 259 g/mol. The van der Waals surface area contributed by atoms with Gasteiger partial charge in [0.1, 0.15) is 0 Å². The van der Waals surface area contributed by atoms with Crippen LogP contribution < -0.4 is 5.32 Å². The molecule has 0 radical (unpaired) electrons. The Morgan fingerprint density at radius 3 is 2.56 bits per heavy atom. The fraction of sp³-hybridized carbons (Fsp3) is 0.538. The van der Waals surface area contributed by atoms with Crippen LogP contribution in [0.5, 0.6) is 0 Å². The van der Waals surface area contributed by atoms with Crippen LogP contribution in [0.2, 0.25) is 0 Å². The molecular formula is C13H16F3NO. The van der Waals surface area contributed by atoms with Crippen molar-refractivity contribution in [2.24, 2.45) is 0 Å². The van der Waals surface area contributed by atoms with E-state index in [1.165, 1.54) is 12.1 Å². The number of hydrogen-bond acceptors (Lipinski definition) is 2. The number of hydrogen-bond donors (Lipinski definition) is 2. The molecule has 1 aliphatic carbocycles. The van der Waals surface area contributed by atoms with Crippen molar-refractivity contribution in [2.75, 3.05) is 0 Å². The molecule has 5 heteroatoms. The Bertz CT molecular complexity index is 405. The highest BCUT2D eigenvalue weighted by atomic mass is 19.4. The highest BCUT2D eigenvalue weighted by Gasteiger charge is 2.33. The van der Waals surface area contributed by atoms with Crippen molar-refractivity contribution in [3.63, 3.8) is 0 Å². The SMILES string of the molecule is OC1CCCC1NCc1ccccc1C(F)(F)F. The second-order valence-corrected chi connectivity index (χ2v) is 4.64. The zero-order valence-corrected chi connectivity index (χ0v) is 9.87. The molecule has 2 nitrogen and oxygen atoms in total. The zero-order chi connectivity index (χ0) is 13.2. The van der Waals surface area contributed by atoms with Crippen molar-refractivity contribution in [1.29, 1.82) is 0 Å². The lowest BCUT2D eigenvalue weighted by atomic mass is 10.1. The summed E-state index contributed by atoms with van der Waals surface area (Å²) in [5, 5.41) is 12.6. The number of halogens is 3. The lowest BCUT2D eigenvalue weighted by Gasteiger charge is -2.18. The van der Waals surface area contributed by atoms with Crippen molar-refractivity contribution in [3.05, 3.63) is 35.4 Å². The van der Waals surface area contributed by atoms with Gasteiger partial charge in [-0.1, -0.05) is 18.2 Å². The number of rotatable bonds is 3. The Kier molecular flexibility index (Phi) is 3.92. The van der Waals surface area contributed by atoms with Gasteiger partial charge in [0.05, 0.1) is 11.7 Å². The van der Waals surface area contributed by atoms with Gasteiger partial charge in [0, 0.05) is 12.6 Å². The van der Waals surface area contributed by atoms with E-state index in [9.17, 15) is 18.3 Å². The first-order valence-electron chi connectivity index (χ1n) is 6.05. The molecule has 1 aliphatic rings. The molecule has 2 atom stereocenters. The number of benzene rings is 1. The minimum Gasteiger partial charge on any atom is -0.392 e. The summed E-state index contributed by atoms with van der Waals surface area (Å²) in [5.74, 6) is 0. The van der Waals surface area contributed by atoms with Crippen LogP contribution >= 0.6 is 0 Å². The van der Waals surface area contributed by atoms with Gasteiger partial charge in [-0.25, -0.2) is 0 Å². The molecule has 1 saturated carbocycles. The van der Waals surface area contributed by atoms with Gasteiger partial charge in [0.2, 0.25) is 0 Å². The van der Waals surface area contributed by atoms with Crippen LogP contribution in [0.15, 0.2) is 24.3 Å². The second kappa shape index (κ2) is 5.28. The lowest BCUT2D eigenvalue weighted by Crippen LogP contribution is -2.35. The molecule has 0 saturated heterocycles. The fourth-order valence-electron chi connectivity index (χ4n) is 2.37. The van der Waals surface area contributed by atoms with Crippen LogP contribution in [0.25, 0.3) is 0 Å². The van der Waals surface area contributed by atoms with Gasteiger partial charge in [-0.05, 0) is 30.9 Å². The highest BCUT2D eigenvalue weighted by molar-refractivity contribution is 5.29. The Balaban J connectivity index is 2.05. The van der Waals surface area contributed by atoms with E-state index in [0.29, 0.717) is 0 Å². The molecule has 0 aliphatic heterocycles. The van der Waals surface area contributed by atoms with Gasteiger partial charge in [0.25, 0.3) is 0 Å². The molecule has 2 unspecified atom stereocenters. The molecule has 1 fully saturated rings. The summed E-state index contributed by atoms with van der Waals surface area (Å²) < 4.78 is 38.2. The van der Waals surface area contributed by atoms with E-state index in [0.717, 1.165) is 25.3 Å². The molecule has 1 aromatic rings. The quantitative estimate of drug-likeness (QED) is 0.874. The maximum Gasteiger partial charge on any atom is 0.416 e. The second-order valence-electron chi connectivity index (χ2n) is 4.64. The largest absolute Gasteiger partial charge is 0.416 e. The number of alkyl halides is 3. The smallest absolute Gasteiger partial charge is 0.392 e. The van der Waals surface area contributed by atoms with Crippen molar-refractivity contribution in [3.8, 4) is 0 Å². The molecule has 100 valence electrons. The van der Waals surface area contributed by atoms with Crippen molar-refractivity contribution >= 4 is 0 Å². The predicted molar refractivity (Wildman–Crippen MR) is 61.9 cm³/mol. The van der Waals surface area contributed by atoms with E-state index in [1.54, 1.807) is 6.07 Å². The van der Waals surface area contributed by atoms with E-state index < -0.39 is 17.8 Å². The highest BCUT2D eigenvalue weighted by Crippen LogP contribution is 2.32. The Hall–Kier alpha value is -1.07. The average Bonchev–Trinajstić information content (AvgIpc) is 2.71. The molecule has 0 spiro atoms. The number of nitrogens with one attached hydrogen (secondary N) is 1. The van der Waals surface area contributed by atoms with Crippen LogP contribution in [0.1, 0.15) is 30.4 Å². The molecule has 0 heterocycles. The molecule has 18 heavy (non-hydrogen) atoms. The standard InChI is InChI=1S/C13H16F3NO/c14-13(15,16)10-5-2-1-4-9(10)8-17-11-6-3-7-12(11)18/h1-2,4-5,11-12,17-18H,3,6-8H2. The first kappa shape index (κ1) is 13.4. The topological polar surface area (TPSA) is 32.3 Å². The van der Waals surface area contributed by atoms with Gasteiger partial charge >= 0.3 is 6.18 Å². The minimum absolute atomic E-state index is 0.0914. The molecule has 0 bridgehead atoms. The predicted octanol–water partition coefficient (Wildman–Crippen LogP) is 2.71. The number of aliphatic hydroxyl groups excluding tert-OH is 1. The van der Waals surface area contributed by atoms with Crippen LogP contribution in [-0.2, 0) is 12.7 Å². The van der Waals surface area contributed by atoms with Gasteiger partial charge in [-0.15, -0.1) is 0 Å². The van der Waals surface area contributed by atoms with Crippen LogP contribution in [0.3, 0.4) is 0 Å². The Morgan fingerprint density at radius 1 is 1.22 bits per heavy atom. The van der Waals surface area contributed by atoms with E-state index in [4.69, 9.17) is 0 Å². The number of aliphatic hydroxyl groups is 1. The van der Waals surface area contributed by atoms with Gasteiger partial charge in [-0.3, -0.25) is 0 Å². The first-order valence-corrected chi connectivity index (χ1v) is 6.05. The normalized spacial score (nSPS) is 24.4. The first-order chi connectivity index (χ1) is 8.48. The van der Waals surface area contributed by atoms with Gasteiger partial charge in [0.15, 0.2) is 0 Å². The van der Waals surface area contributed by atoms with Crippen molar-refractivity contribution in [1.82, 2.24) is 5.32 Å². The van der Waals surface area contributed by atoms with Crippen molar-refractivity contribution in [2.45, 2.75) is 44.1 Å². The molecule has 0 aromatic heterocycles. The van der Waals surface area contributed by atoms with E-state index in [1.807, 2.05) is 0 Å². The fourth-order valence-corrected chi connectivity index (χ4v) is 2.37. The Labute approximate surface area is 104 Å². The summed E-state index contributed by atoms with van der Waals surface area (Å²) in [6.45, 7) is 0.136. The summed E-state index contributed by atoms with van der Waals surface area (Å²) in [6.07, 6.45) is -2.32. The van der Waals surface area contributed by atoms with Gasteiger partial charge in [-0.2, -0.15) is 13.2 Å². The molecular weight excluding hydrogens is 243 g/mol. The lowest BCUT2D eigenvalue weighted by molar-refractivity contribution is -0.138. The van der Waals surface area contributed by atoms with Crippen molar-refractivity contribution < 1.29 is 18.3 Å². The minimum atomic E-state index is -4.33. The maximum absolute atomic E-state index is 12.7. The third kappa shape index (κ3) is 3.03. The summed E-state index contributed by atoms with van der Waals surface area (Å²) >= 11 is 0. The van der Waals surface area contributed by atoms with E-state index >= 15 is 0 Å². The molecule has 2 N–H and O–H groups in total. The summed E-state index contributed by atoms with van der Waals surface area (Å²) in [6, 6.07) is 5.44. The summed E-state index contributed by atoms with van der Waals surface area (Å²) in [5.41, 5.74) is -0.380. The average molecular weight is 259 g/mol. The Morgan fingerprint density at radius 2 is 1.94 bits per heavy atom. The molecule has 2 rings (SSSR count). The zero-order valence-electron chi connectivity index (χ0n) is 9.87. The third-order valence-corrected chi connectivity index (χ3v) is 3.36. The molecule has 1 aromatic carbocycles. The molecule has 0 amide bonds.